The second-order valence-electron chi connectivity index (χ2n) is 3.66. The van der Waals surface area contributed by atoms with Gasteiger partial charge in [0.25, 0.3) is 5.91 Å². The van der Waals surface area contributed by atoms with E-state index < -0.39 is 0 Å². The first kappa shape index (κ1) is 11.8. The molecule has 1 amide bonds. The number of hydrogen-bond acceptors (Lipinski definition) is 3. The fourth-order valence-electron chi connectivity index (χ4n) is 1.42. The van der Waals surface area contributed by atoms with Crippen LogP contribution in [0.1, 0.15) is 23.8 Å². The Balaban J connectivity index is 2.14. The molecule has 1 aromatic carbocycles. The highest BCUT2D eigenvalue weighted by Gasteiger charge is 2.10. The number of rotatable bonds is 4. The third-order valence-corrected chi connectivity index (χ3v) is 3.18. The van der Waals surface area contributed by atoms with Crippen LogP contribution in [0.25, 0.3) is 10.6 Å². The number of nitrogens with zero attached hydrogens (tertiary/aromatic N) is 1. The predicted octanol–water partition coefficient (Wildman–Crippen LogP) is 2.95. The molecule has 0 atom stereocenters. The summed E-state index contributed by atoms with van der Waals surface area (Å²) in [6.45, 7) is 2.72. The number of amides is 1. The molecule has 0 spiro atoms. The van der Waals surface area contributed by atoms with Gasteiger partial charge >= 0.3 is 0 Å². The minimum absolute atomic E-state index is 0.0923. The van der Waals surface area contributed by atoms with Crippen molar-refractivity contribution in [1.29, 1.82) is 0 Å². The maximum absolute atomic E-state index is 11.7. The largest absolute Gasteiger partial charge is 0.351 e. The number of hydrogen-bond donors (Lipinski definition) is 1. The molecule has 0 aliphatic rings. The summed E-state index contributed by atoms with van der Waals surface area (Å²) in [5, 5.41) is 5.50. The van der Waals surface area contributed by atoms with Crippen LogP contribution in [0.3, 0.4) is 0 Å². The Morgan fingerprint density at radius 3 is 2.82 bits per heavy atom. The summed E-state index contributed by atoms with van der Waals surface area (Å²) < 4.78 is 0. The minimum Gasteiger partial charge on any atom is -0.351 e. The van der Waals surface area contributed by atoms with E-state index in [2.05, 4.69) is 10.3 Å². The first-order valence-corrected chi connectivity index (χ1v) is 6.48. The van der Waals surface area contributed by atoms with Crippen LogP contribution in [-0.2, 0) is 0 Å². The molecule has 0 aliphatic carbocycles. The van der Waals surface area contributed by atoms with Gasteiger partial charge in [0.05, 0.1) is 0 Å². The van der Waals surface area contributed by atoms with Crippen LogP contribution < -0.4 is 5.32 Å². The Hall–Kier alpha value is -1.68. The van der Waals surface area contributed by atoms with Gasteiger partial charge in [-0.2, -0.15) is 0 Å². The summed E-state index contributed by atoms with van der Waals surface area (Å²) in [6, 6.07) is 9.88. The third kappa shape index (κ3) is 2.91. The molecule has 0 saturated heterocycles. The molecule has 1 N–H and O–H groups in total. The molecular weight excluding hydrogens is 232 g/mol. The average molecular weight is 246 g/mol. The molecule has 4 heteroatoms. The second kappa shape index (κ2) is 5.59. The first-order chi connectivity index (χ1) is 8.31. The van der Waals surface area contributed by atoms with E-state index in [-0.39, 0.29) is 5.91 Å². The van der Waals surface area contributed by atoms with Crippen LogP contribution in [0.2, 0.25) is 0 Å². The van der Waals surface area contributed by atoms with E-state index in [1.807, 2.05) is 37.3 Å². The van der Waals surface area contributed by atoms with Gasteiger partial charge in [0.1, 0.15) is 10.7 Å². The maximum atomic E-state index is 11.7. The van der Waals surface area contributed by atoms with Crippen LogP contribution in [-0.4, -0.2) is 17.4 Å². The zero-order chi connectivity index (χ0) is 12.1. The lowest BCUT2D eigenvalue weighted by Crippen LogP contribution is -2.24. The van der Waals surface area contributed by atoms with Crippen molar-refractivity contribution >= 4 is 17.2 Å². The van der Waals surface area contributed by atoms with Crippen LogP contribution in [0.4, 0.5) is 0 Å². The van der Waals surface area contributed by atoms with Crippen LogP contribution in [0, 0.1) is 0 Å². The predicted molar refractivity (Wildman–Crippen MR) is 70.2 cm³/mol. The van der Waals surface area contributed by atoms with Gasteiger partial charge < -0.3 is 5.32 Å². The molecule has 1 aromatic heterocycles. The Morgan fingerprint density at radius 2 is 2.12 bits per heavy atom. The van der Waals surface area contributed by atoms with Crippen molar-refractivity contribution in [3.8, 4) is 10.6 Å². The number of benzene rings is 1. The van der Waals surface area contributed by atoms with Crippen molar-refractivity contribution in [2.45, 2.75) is 13.3 Å². The third-order valence-electron chi connectivity index (χ3n) is 2.29. The molecule has 3 nitrogen and oxygen atoms in total. The van der Waals surface area contributed by atoms with Crippen molar-refractivity contribution in [3.05, 3.63) is 41.4 Å². The van der Waals surface area contributed by atoms with Crippen LogP contribution >= 0.6 is 11.3 Å². The molecule has 0 bridgehead atoms. The van der Waals surface area contributed by atoms with E-state index in [4.69, 9.17) is 0 Å². The lowest BCUT2D eigenvalue weighted by atomic mass is 10.2. The maximum Gasteiger partial charge on any atom is 0.270 e. The van der Waals surface area contributed by atoms with E-state index in [9.17, 15) is 4.79 Å². The standard InChI is InChI=1S/C13H14N2OS/c1-2-8-14-12(16)11-9-17-13(15-11)10-6-4-3-5-7-10/h3-7,9H,2,8H2,1H3,(H,14,16). The highest BCUT2D eigenvalue weighted by atomic mass is 32.1. The van der Waals surface area contributed by atoms with Gasteiger partial charge in [-0.3, -0.25) is 4.79 Å². The average Bonchev–Trinajstić information content (AvgIpc) is 2.86. The number of aromatic nitrogens is 1. The van der Waals surface area contributed by atoms with Gasteiger partial charge in [0.2, 0.25) is 0 Å². The molecule has 17 heavy (non-hydrogen) atoms. The van der Waals surface area contributed by atoms with Gasteiger partial charge in [-0.25, -0.2) is 4.98 Å². The molecule has 2 aromatic rings. The minimum atomic E-state index is -0.0923. The summed E-state index contributed by atoms with van der Waals surface area (Å²) in [6.07, 6.45) is 0.932. The normalized spacial score (nSPS) is 10.2. The molecule has 1 heterocycles. The highest BCUT2D eigenvalue weighted by Crippen LogP contribution is 2.23. The number of carbonyl (C=O) groups excluding carboxylic acids is 1. The molecular formula is C13H14N2OS. The molecule has 2 rings (SSSR count). The first-order valence-electron chi connectivity index (χ1n) is 5.60. The number of thiazole rings is 1. The van der Waals surface area contributed by atoms with Crippen LogP contribution in [0.5, 0.6) is 0 Å². The van der Waals surface area contributed by atoms with Gasteiger partial charge in [-0.1, -0.05) is 37.3 Å². The molecule has 0 radical (unpaired) electrons. The molecule has 0 aliphatic heterocycles. The Morgan fingerprint density at radius 1 is 1.35 bits per heavy atom. The van der Waals surface area contributed by atoms with Crippen molar-refractivity contribution < 1.29 is 4.79 Å². The molecule has 0 fully saturated rings. The molecule has 0 unspecified atom stereocenters. The summed E-state index contributed by atoms with van der Waals surface area (Å²) in [5.41, 5.74) is 1.55. The van der Waals surface area contributed by atoms with Gasteiger partial charge in [0, 0.05) is 17.5 Å². The zero-order valence-electron chi connectivity index (χ0n) is 9.64. The lowest BCUT2D eigenvalue weighted by molar-refractivity contribution is 0.0949. The summed E-state index contributed by atoms with van der Waals surface area (Å²) in [5.74, 6) is -0.0923. The van der Waals surface area contributed by atoms with Crippen molar-refractivity contribution in [1.82, 2.24) is 10.3 Å². The topological polar surface area (TPSA) is 42.0 Å². The van der Waals surface area contributed by atoms with E-state index in [1.54, 1.807) is 5.38 Å². The number of nitrogens with one attached hydrogen (secondary N) is 1. The quantitative estimate of drug-likeness (QED) is 0.901. The number of carbonyl (C=O) groups is 1. The summed E-state index contributed by atoms with van der Waals surface area (Å²) in [7, 11) is 0. The van der Waals surface area contributed by atoms with Gasteiger partial charge in [0.15, 0.2) is 0 Å². The Kier molecular flexibility index (Phi) is 3.88. The summed E-state index contributed by atoms with van der Waals surface area (Å²) in [4.78, 5) is 16.0. The fraction of sp³-hybridized carbons (Fsp3) is 0.231. The highest BCUT2D eigenvalue weighted by molar-refractivity contribution is 7.13. The van der Waals surface area contributed by atoms with E-state index >= 15 is 0 Å². The van der Waals surface area contributed by atoms with Gasteiger partial charge in [-0.05, 0) is 6.42 Å². The van der Waals surface area contributed by atoms with Gasteiger partial charge in [-0.15, -0.1) is 11.3 Å². The van der Waals surface area contributed by atoms with E-state index in [0.29, 0.717) is 12.2 Å². The Labute approximate surface area is 105 Å². The lowest BCUT2D eigenvalue weighted by Gasteiger charge is -1.99. The fourth-order valence-corrected chi connectivity index (χ4v) is 2.23. The molecule has 0 saturated carbocycles. The van der Waals surface area contributed by atoms with Crippen molar-refractivity contribution in [2.75, 3.05) is 6.54 Å². The smallest absolute Gasteiger partial charge is 0.270 e. The SMILES string of the molecule is CCCNC(=O)c1csc(-c2ccccc2)n1. The van der Waals surface area contributed by atoms with E-state index in [0.717, 1.165) is 17.0 Å². The zero-order valence-corrected chi connectivity index (χ0v) is 10.5. The second-order valence-corrected chi connectivity index (χ2v) is 4.52. The van der Waals surface area contributed by atoms with Crippen LogP contribution in [0.15, 0.2) is 35.7 Å². The van der Waals surface area contributed by atoms with Crippen molar-refractivity contribution in [3.63, 3.8) is 0 Å². The summed E-state index contributed by atoms with van der Waals surface area (Å²) >= 11 is 1.49. The monoisotopic (exact) mass is 246 g/mol. The van der Waals surface area contributed by atoms with E-state index in [1.165, 1.54) is 11.3 Å². The Bertz CT molecular complexity index is 493. The molecule has 88 valence electrons. The van der Waals surface area contributed by atoms with Crippen molar-refractivity contribution in [2.24, 2.45) is 0 Å².